The van der Waals surface area contributed by atoms with Gasteiger partial charge in [-0.25, -0.2) is 0 Å². The Balaban J connectivity index is 1.96. The van der Waals surface area contributed by atoms with Crippen LogP contribution in [-0.4, -0.2) is 56.6 Å². The number of carbonyl (C=O) groups is 1. The summed E-state index contributed by atoms with van der Waals surface area (Å²) >= 11 is 0. The quantitative estimate of drug-likeness (QED) is 0.244. The minimum atomic E-state index is -0.507. The standard InChI is InChI=1S/C20H33N3O5/c21-9-5-4-8-19(22)20(25)23-10-11-26-12-13-27-15-18(24)16-28-14-17-6-2-1-3-7-17/h1-3,6-7,15,19,24H,4-5,8-14,16,21-22H2,(H,23,25)/b18-15-/t19-/m0/s1. The lowest BCUT2D eigenvalue weighted by Gasteiger charge is -2.12. The van der Waals surface area contributed by atoms with Gasteiger partial charge in [0.2, 0.25) is 5.91 Å². The van der Waals surface area contributed by atoms with E-state index in [0.29, 0.717) is 39.3 Å². The van der Waals surface area contributed by atoms with Crippen LogP contribution in [0.3, 0.4) is 0 Å². The largest absolute Gasteiger partial charge is 0.507 e. The van der Waals surface area contributed by atoms with E-state index < -0.39 is 6.04 Å². The molecule has 1 aromatic rings. The summed E-state index contributed by atoms with van der Waals surface area (Å²) in [6, 6.07) is 9.19. The highest BCUT2D eigenvalue weighted by molar-refractivity contribution is 5.81. The average molecular weight is 396 g/mol. The van der Waals surface area contributed by atoms with Crippen LogP contribution in [0.5, 0.6) is 0 Å². The summed E-state index contributed by atoms with van der Waals surface area (Å²) in [5.41, 5.74) is 12.2. The van der Waals surface area contributed by atoms with Crippen molar-refractivity contribution < 1.29 is 24.1 Å². The van der Waals surface area contributed by atoms with Gasteiger partial charge in [-0.15, -0.1) is 0 Å². The van der Waals surface area contributed by atoms with Crippen molar-refractivity contribution in [1.29, 1.82) is 0 Å². The van der Waals surface area contributed by atoms with Gasteiger partial charge in [-0.2, -0.15) is 0 Å². The van der Waals surface area contributed by atoms with Gasteiger partial charge in [0.1, 0.15) is 19.5 Å². The second-order valence-electron chi connectivity index (χ2n) is 6.25. The van der Waals surface area contributed by atoms with Gasteiger partial charge in [0.05, 0.1) is 25.9 Å². The fourth-order valence-corrected chi connectivity index (χ4v) is 2.26. The molecule has 0 heterocycles. The first-order chi connectivity index (χ1) is 13.6. The summed E-state index contributed by atoms with van der Waals surface area (Å²) in [6.45, 7) is 2.48. The van der Waals surface area contributed by atoms with Crippen LogP contribution in [0.4, 0.5) is 0 Å². The Labute approximate surface area is 166 Å². The van der Waals surface area contributed by atoms with Crippen LogP contribution >= 0.6 is 0 Å². The Morgan fingerprint density at radius 1 is 1.14 bits per heavy atom. The maximum absolute atomic E-state index is 11.7. The zero-order valence-corrected chi connectivity index (χ0v) is 16.3. The Morgan fingerprint density at radius 2 is 1.93 bits per heavy atom. The molecule has 28 heavy (non-hydrogen) atoms. The number of hydrogen-bond acceptors (Lipinski definition) is 7. The van der Waals surface area contributed by atoms with Crippen molar-refractivity contribution in [3.8, 4) is 0 Å². The van der Waals surface area contributed by atoms with Crippen molar-refractivity contribution >= 4 is 5.91 Å². The first-order valence-electron chi connectivity index (χ1n) is 9.56. The van der Waals surface area contributed by atoms with E-state index in [0.717, 1.165) is 18.4 Å². The molecule has 0 spiro atoms. The highest BCUT2D eigenvalue weighted by Gasteiger charge is 2.11. The number of aliphatic hydroxyl groups excluding tert-OH is 1. The maximum Gasteiger partial charge on any atom is 0.236 e. The van der Waals surface area contributed by atoms with E-state index in [1.54, 1.807) is 0 Å². The molecule has 0 aliphatic heterocycles. The molecule has 0 fully saturated rings. The molecule has 0 aliphatic rings. The molecular weight excluding hydrogens is 362 g/mol. The van der Waals surface area contributed by atoms with Crippen molar-refractivity contribution in [2.45, 2.75) is 31.9 Å². The molecule has 0 radical (unpaired) electrons. The Hall–Kier alpha value is -2.13. The van der Waals surface area contributed by atoms with Crippen molar-refractivity contribution in [3.05, 3.63) is 47.9 Å². The number of nitrogens with one attached hydrogen (secondary N) is 1. The highest BCUT2D eigenvalue weighted by Crippen LogP contribution is 2.02. The Bertz CT molecular complexity index is 554. The van der Waals surface area contributed by atoms with Crippen LogP contribution in [-0.2, 0) is 25.6 Å². The van der Waals surface area contributed by atoms with Crippen molar-refractivity contribution in [3.63, 3.8) is 0 Å². The monoisotopic (exact) mass is 395 g/mol. The van der Waals surface area contributed by atoms with Gasteiger partial charge in [0.25, 0.3) is 0 Å². The number of aliphatic hydroxyl groups is 1. The van der Waals surface area contributed by atoms with E-state index >= 15 is 0 Å². The number of nitrogens with two attached hydrogens (primary N) is 2. The second-order valence-corrected chi connectivity index (χ2v) is 6.25. The van der Waals surface area contributed by atoms with E-state index in [2.05, 4.69) is 5.32 Å². The molecule has 8 nitrogen and oxygen atoms in total. The molecule has 1 atom stereocenters. The van der Waals surface area contributed by atoms with E-state index in [9.17, 15) is 9.90 Å². The van der Waals surface area contributed by atoms with E-state index in [1.807, 2.05) is 30.3 Å². The summed E-state index contributed by atoms with van der Waals surface area (Å²) in [6.07, 6.45) is 3.59. The lowest BCUT2D eigenvalue weighted by Crippen LogP contribution is -2.41. The number of benzene rings is 1. The predicted molar refractivity (Wildman–Crippen MR) is 107 cm³/mol. The molecule has 6 N–H and O–H groups in total. The average Bonchev–Trinajstić information content (AvgIpc) is 2.70. The van der Waals surface area contributed by atoms with Crippen LogP contribution in [0.25, 0.3) is 0 Å². The van der Waals surface area contributed by atoms with E-state index in [1.165, 1.54) is 6.26 Å². The number of unbranched alkanes of at least 4 members (excludes halogenated alkanes) is 1. The predicted octanol–water partition coefficient (Wildman–Crippen LogP) is 1.21. The maximum atomic E-state index is 11.7. The summed E-state index contributed by atoms with van der Waals surface area (Å²) < 4.78 is 15.9. The normalized spacial score (nSPS) is 12.6. The molecule has 0 unspecified atom stereocenters. The minimum Gasteiger partial charge on any atom is -0.507 e. The molecule has 1 aromatic carbocycles. The van der Waals surface area contributed by atoms with Gasteiger partial charge in [0, 0.05) is 6.54 Å². The Morgan fingerprint density at radius 3 is 2.68 bits per heavy atom. The summed E-state index contributed by atoms with van der Waals surface area (Å²) in [7, 11) is 0. The molecular formula is C20H33N3O5. The smallest absolute Gasteiger partial charge is 0.236 e. The fraction of sp³-hybridized carbons (Fsp3) is 0.550. The highest BCUT2D eigenvalue weighted by atomic mass is 16.5. The zero-order valence-electron chi connectivity index (χ0n) is 16.3. The molecule has 0 saturated heterocycles. The summed E-state index contributed by atoms with van der Waals surface area (Å²) in [5.74, 6) is -0.174. The lowest BCUT2D eigenvalue weighted by atomic mass is 10.1. The van der Waals surface area contributed by atoms with Gasteiger partial charge in [-0.05, 0) is 24.9 Å². The van der Waals surface area contributed by atoms with Gasteiger partial charge < -0.3 is 36.1 Å². The molecule has 0 saturated carbocycles. The second kappa shape index (κ2) is 15.9. The van der Waals surface area contributed by atoms with Crippen molar-refractivity contribution in [2.75, 3.05) is 39.5 Å². The van der Waals surface area contributed by atoms with Crippen molar-refractivity contribution in [2.24, 2.45) is 11.5 Å². The number of ether oxygens (including phenoxy) is 3. The van der Waals surface area contributed by atoms with Gasteiger partial charge in [0.15, 0.2) is 5.76 Å². The molecule has 158 valence electrons. The first kappa shape index (κ1) is 23.9. The topological polar surface area (TPSA) is 129 Å². The SMILES string of the molecule is NCCCC[C@H](N)C(=O)NCCOCCO/C=C(\O)COCc1ccccc1. The molecule has 0 bridgehead atoms. The van der Waals surface area contributed by atoms with Crippen LogP contribution in [0, 0.1) is 0 Å². The molecule has 1 amide bonds. The van der Waals surface area contributed by atoms with Gasteiger partial charge in [-0.3, -0.25) is 4.79 Å². The number of hydrogen-bond donors (Lipinski definition) is 4. The van der Waals surface area contributed by atoms with Gasteiger partial charge >= 0.3 is 0 Å². The van der Waals surface area contributed by atoms with Crippen molar-refractivity contribution in [1.82, 2.24) is 5.32 Å². The van der Waals surface area contributed by atoms with E-state index in [-0.39, 0.29) is 24.9 Å². The fourth-order valence-electron chi connectivity index (χ4n) is 2.26. The van der Waals surface area contributed by atoms with Crippen LogP contribution < -0.4 is 16.8 Å². The van der Waals surface area contributed by atoms with Crippen LogP contribution in [0.15, 0.2) is 42.4 Å². The third-order valence-corrected chi connectivity index (χ3v) is 3.78. The summed E-state index contributed by atoms with van der Waals surface area (Å²) in [4.78, 5) is 11.7. The molecule has 0 aliphatic carbocycles. The Kier molecular flexibility index (Phi) is 13.6. The van der Waals surface area contributed by atoms with Crippen LogP contribution in [0.2, 0.25) is 0 Å². The first-order valence-corrected chi connectivity index (χ1v) is 9.56. The zero-order chi connectivity index (χ0) is 20.5. The molecule has 8 heteroatoms. The number of carbonyl (C=O) groups excluding carboxylic acids is 1. The molecule has 0 aromatic heterocycles. The number of amides is 1. The molecule has 1 rings (SSSR count). The van der Waals surface area contributed by atoms with E-state index in [4.69, 9.17) is 25.7 Å². The van der Waals surface area contributed by atoms with Gasteiger partial charge in [-0.1, -0.05) is 36.8 Å². The summed E-state index contributed by atoms with van der Waals surface area (Å²) in [5, 5.41) is 12.4. The minimum absolute atomic E-state index is 0.00631. The third kappa shape index (κ3) is 12.3. The third-order valence-electron chi connectivity index (χ3n) is 3.78. The van der Waals surface area contributed by atoms with Crippen LogP contribution in [0.1, 0.15) is 24.8 Å². The number of rotatable bonds is 16. The lowest BCUT2D eigenvalue weighted by molar-refractivity contribution is -0.122.